The molecule has 2 nitrogen and oxygen atoms in total. The summed E-state index contributed by atoms with van der Waals surface area (Å²) in [5.74, 6) is -0.766. The van der Waals surface area contributed by atoms with Gasteiger partial charge in [-0.1, -0.05) is 31.9 Å². The summed E-state index contributed by atoms with van der Waals surface area (Å²) in [4.78, 5) is 11.8. The van der Waals surface area contributed by atoms with Gasteiger partial charge in [0.1, 0.15) is 5.82 Å². The molecule has 1 aromatic carbocycles. The monoisotopic (exact) mass is 235 g/mol. The van der Waals surface area contributed by atoms with Crippen LogP contribution in [0.4, 0.5) is 4.39 Å². The zero-order valence-corrected chi connectivity index (χ0v) is 10.1. The fourth-order valence-electron chi connectivity index (χ4n) is 2.44. The van der Waals surface area contributed by atoms with E-state index in [0.717, 1.165) is 12.8 Å². The Labute approximate surface area is 101 Å². The number of carbonyl (C=O) groups is 1. The Kier molecular flexibility index (Phi) is 3.46. The largest absolute Gasteiger partial charge is 0.351 e. The van der Waals surface area contributed by atoms with Crippen LogP contribution in [0.1, 0.15) is 43.0 Å². The molecule has 0 unspecified atom stereocenters. The molecular formula is C14H18FNO. The molecule has 1 aliphatic carbocycles. The van der Waals surface area contributed by atoms with Gasteiger partial charge in [-0.05, 0) is 30.4 Å². The summed E-state index contributed by atoms with van der Waals surface area (Å²) in [6, 6.07) is 6.09. The summed E-state index contributed by atoms with van der Waals surface area (Å²) >= 11 is 0. The van der Waals surface area contributed by atoms with Crippen LogP contribution in [-0.4, -0.2) is 12.5 Å². The van der Waals surface area contributed by atoms with E-state index >= 15 is 0 Å². The van der Waals surface area contributed by atoms with Gasteiger partial charge in [0.05, 0.1) is 5.56 Å². The minimum Gasteiger partial charge on any atom is -0.351 e. The molecule has 0 spiro atoms. The molecule has 0 saturated heterocycles. The van der Waals surface area contributed by atoms with E-state index in [-0.39, 0.29) is 16.9 Å². The zero-order chi connectivity index (χ0) is 12.3. The maximum Gasteiger partial charge on any atom is 0.254 e. The van der Waals surface area contributed by atoms with Crippen molar-refractivity contribution < 1.29 is 9.18 Å². The normalized spacial score (nSPS) is 18.0. The molecule has 1 saturated carbocycles. The van der Waals surface area contributed by atoms with E-state index in [4.69, 9.17) is 0 Å². The Balaban J connectivity index is 1.96. The molecule has 1 amide bonds. The quantitative estimate of drug-likeness (QED) is 0.856. The van der Waals surface area contributed by atoms with Crippen molar-refractivity contribution in [2.24, 2.45) is 5.41 Å². The van der Waals surface area contributed by atoms with Crippen molar-refractivity contribution in [3.8, 4) is 0 Å². The average Bonchev–Trinajstić information content (AvgIpc) is 2.74. The zero-order valence-electron chi connectivity index (χ0n) is 10.1. The predicted octanol–water partition coefficient (Wildman–Crippen LogP) is 3.14. The molecule has 0 radical (unpaired) electrons. The first-order chi connectivity index (χ1) is 8.11. The smallest absolute Gasteiger partial charge is 0.254 e. The summed E-state index contributed by atoms with van der Waals surface area (Å²) in [6.45, 7) is 2.82. The van der Waals surface area contributed by atoms with Gasteiger partial charge >= 0.3 is 0 Å². The van der Waals surface area contributed by atoms with Crippen LogP contribution < -0.4 is 5.32 Å². The number of rotatable bonds is 3. The van der Waals surface area contributed by atoms with Crippen molar-refractivity contribution in [3.05, 3.63) is 35.6 Å². The molecule has 92 valence electrons. The van der Waals surface area contributed by atoms with Gasteiger partial charge in [-0.2, -0.15) is 0 Å². The van der Waals surface area contributed by atoms with Gasteiger partial charge < -0.3 is 5.32 Å². The number of hydrogen-bond donors (Lipinski definition) is 1. The maximum atomic E-state index is 13.4. The van der Waals surface area contributed by atoms with Gasteiger partial charge in [-0.15, -0.1) is 0 Å². The predicted molar refractivity (Wildman–Crippen MR) is 65.3 cm³/mol. The lowest BCUT2D eigenvalue weighted by molar-refractivity contribution is 0.0930. The number of carbonyl (C=O) groups excluding carboxylic acids is 1. The second kappa shape index (κ2) is 4.86. The van der Waals surface area contributed by atoms with Crippen molar-refractivity contribution in [2.75, 3.05) is 6.54 Å². The molecule has 1 fully saturated rings. The van der Waals surface area contributed by atoms with Crippen LogP contribution in [-0.2, 0) is 0 Å². The Morgan fingerprint density at radius 3 is 2.65 bits per heavy atom. The van der Waals surface area contributed by atoms with Gasteiger partial charge in [0.2, 0.25) is 0 Å². The highest BCUT2D eigenvalue weighted by molar-refractivity contribution is 5.94. The van der Waals surface area contributed by atoms with Crippen LogP contribution in [0.25, 0.3) is 0 Å². The van der Waals surface area contributed by atoms with Crippen LogP contribution in [0.2, 0.25) is 0 Å². The third-order valence-electron chi connectivity index (χ3n) is 3.60. The molecule has 2 rings (SSSR count). The van der Waals surface area contributed by atoms with Crippen molar-refractivity contribution in [1.29, 1.82) is 0 Å². The third kappa shape index (κ3) is 2.84. The second-order valence-corrected chi connectivity index (χ2v) is 5.18. The van der Waals surface area contributed by atoms with E-state index in [0.29, 0.717) is 6.54 Å². The minimum absolute atomic E-state index is 0.133. The van der Waals surface area contributed by atoms with Gasteiger partial charge in [-0.25, -0.2) is 4.39 Å². The fourth-order valence-corrected chi connectivity index (χ4v) is 2.44. The summed E-state index contributed by atoms with van der Waals surface area (Å²) in [5.41, 5.74) is 0.329. The number of nitrogens with one attached hydrogen (secondary N) is 1. The molecule has 3 heteroatoms. The average molecular weight is 235 g/mol. The van der Waals surface area contributed by atoms with Crippen molar-refractivity contribution in [2.45, 2.75) is 32.6 Å². The highest BCUT2D eigenvalue weighted by Crippen LogP contribution is 2.36. The maximum absolute atomic E-state index is 13.4. The summed E-state index contributed by atoms with van der Waals surface area (Å²) in [7, 11) is 0. The molecule has 0 atom stereocenters. The standard InChI is InChI=1S/C14H18FNO/c1-14(8-4-5-9-14)10-16-13(17)11-6-2-3-7-12(11)15/h2-3,6-7H,4-5,8-10H2,1H3,(H,16,17). The third-order valence-corrected chi connectivity index (χ3v) is 3.60. The summed E-state index contributed by atoms with van der Waals surface area (Å²) in [6.07, 6.45) is 4.74. The first-order valence-corrected chi connectivity index (χ1v) is 6.13. The Morgan fingerprint density at radius 1 is 1.35 bits per heavy atom. The number of hydrogen-bond acceptors (Lipinski definition) is 1. The molecule has 0 heterocycles. The van der Waals surface area contributed by atoms with E-state index in [2.05, 4.69) is 12.2 Å². The summed E-state index contributed by atoms with van der Waals surface area (Å²) in [5, 5.41) is 2.84. The first kappa shape index (κ1) is 12.1. The van der Waals surface area contributed by atoms with Crippen LogP contribution in [0, 0.1) is 11.2 Å². The van der Waals surface area contributed by atoms with Crippen LogP contribution in [0.3, 0.4) is 0 Å². The Morgan fingerprint density at radius 2 is 2.00 bits per heavy atom. The molecule has 1 aliphatic rings. The number of halogens is 1. The molecular weight excluding hydrogens is 217 g/mol. The van der Waals surface area contributed by atoms with E-state index in [1.807, 2.05) is 0 Å². The molecule has 0 aromatic heterocycles. The lowest BCUT2D eigenvalue weighted by atomic mass is 9.89. The topological polar surface area (TPSA) is 29.1 Å². The number of amides is 1. The van der Waals surface area contributed by atoms with E-state index in [1.165, 1.54) is 25.0 Å². The van der Waals surface area contributed by atoms with Gasteiger partial charge in [0.25, 0.3) is 5.91 Å². The first-order valence-electron chi connectivity index (χ1n) is 6.13. The van der Waals surface area contributed by atoms with Crippen LogP contribution in [0.15, 0.2) is 24.3 Å². The van der Waals surface area contributed by atoms with E-state index in [1.54, 1.807) is 12.1 Å². The van der Waals surface area contributed by atoms with Crippen molar-refractivity contribution in [3.63, 3.8) is 0 Å². The summed E-state index contributed by atoms with van der Waals surface area (Å²) < 4.78 is 13.4. The highest BCUT2D eigenvalue weighted by Gasteiger charge is 2.29. The Hall–Kier alpha value is -1.38. The second-order valence-electron chi connectivity index (χ2n) is 5.18. The SMILES string of the molecule is CC1(CNC(=O)c2ccccc2F)CCCC1. The molecule has 1 N–H and O–H groups in total. The van der Waals surface area contributed by atoms with Crippen molar-refractivity contribution >= 4 is 5.91 Å². The van der Waals surface area contributed by atoms with Crippen molar-refractivity contribution in [1.82, 2.24) is 5.32 Å². The lowest BCUT2D eigenvalue weighted by Crippen LogP contribution is -2.34. The Bertz CT molecular complexity index is 410. The molecule has 0 aliphatic heterocycles. The van der Waals surface area contributed by atoms with Gasteiger partial charge in [0.15, 0.2) is 0 Å². The van der Waals surface area contributed by atoms with E-state index in [9.17, 15) is 9.18 Å². The highest BCUT2D eigenvalue weighted by atomic mass is 19.1. The van der Waals surface area contributed by atoms with Crippen LogP contribution >= 0.6 is 0 Å². The van der Waals surface area contributed by atoms with E-state index < -0.39 is 5.82 Å². The minimum atomic E-state index is -0.457. The van der Waals surface area contributed by atoms with Gasteiger partial charge in [0, 0.05) is 6.54 Å². The van der Waals surface area contributed by atoms with Crippen LogP contribution in [0.5, 0.6) is 0 Å². The van der Waals surface area contributed by atoms with Gasteiger partial charge in [-0.3, -0.25) is 4.79 Å². The fraction of sp³-hybridized carbons (Fsp3) is 0.500. The molecule has 1 aromatic rings. The molecule has 17 heavy (non-hydrogen) atoms. The lowest BCUT2D eigenvalue weighted by Gasteiger charge is -2.23. The number of benzene rings is 1. The molecule has 0 bridgehead atoms.